The van der Waals surface area contributed by atoms with Gasteiger partial charge in [-0.1, -0.05) is 12.8 Å². The van der Waals surface area contributed by atoms with Crippen LogP contribution in [0.15, 0.2) is 12.3 Å². The number of carbonyl (C=O) groups excluding carboxylic acids is 1. The van der Waals surface area contributed by atoms with Gasteiger partial charge < -0.3 is 11.1 Å². The summed E-state index contributed by atoms with van der Waals surface area (Å²) in [5.41, 5.74) is 5.46. The lowest BCUT2D eigenvalue weighted by Gasteiger charge is -2.10. The quantitative estimate of drug-likeness (QED) is 0.790. The van der Waals surface area contributed by atoms with Gasteiger partial charge in [0.15, 0.2) is 0 Å². The Kier molecular flexibility index (Phi) is 3.44. The Morgan fingerprint density at radius 3 is 2.94 bits per heavy atom. The van der Waals surface area contributed by atoms with E-state index in [9.17, 15) is 4.79 Å². The van der Waals surface area contributed by atoms with Gasteiger partial charge in [0, 0.05) is 12.7 Å². The summed E-state index contributed by atoms with van der Waals surface area (Å²) < 4.78 is 1.55. The van der Waals surface area contributed by atoms with Gasteiger partial charge in [-0.2, -0.15) is 5.10 Å². The van der Waals surface area contributed by atoms with Crippen LogP contribution in [0.25, 0.3) is 0 Å². The van der Waals surface area contributed by atoms with Crippen molar-refractivity contribution in [2.75, 3.05) is 12.3 Å². The number of carbonyl (C=O) groups is 1. The highest BCUT2D eigenvalue weighted by Crippen LogP contribution is 2.23. The maximum Gasteiger partial charge on any atom is 0.241 e. The normalized spacial score (nSPS) is 16.5. The van der Waals surface area contributed by atoms with Crippen LogP contribution < -0.4 is 11.1 Å². The van der Waals surface area contributed by atoms with E-state index in [1.165, 1.54) is 25.7 Å². The lowest BCUT2D eigenvalue weighted by molar-refractivity contribution is -0.122. The van der Waals surface area contributed by atoms with Crippen molar-refractivity contribution in [3.63, 3.8) is 0 Å². The highest BCUT2D eigenvalue weighted by molar-refractivity contribution is 5.75. The minimum Gasteiger partial charge on any atom is -0.382 e. The Morgan fingerprint density at radius 1 is 1.56 bits per heavy atom. The van der Waals surface area contributed by atoms with Crippen molar-refractivity contribution in [2.24, 2.45) is 5.92 Å². The molecule has 0 spiro atoms. The highest BCUT2D eigenvalue weighted by Gasteiger charge is 2.15. The molecule has 1 aromatic rings. The summed E-state index contributed by atoms with van der Waals surface area (Å²) in [5.74, 6) is 1.13. The van der Waals surface area contributed by atoms with Crippen LogP contribution >= 0.6 is 0 Å². The van der Waals surface area contributed by atoms with Crippen molar-refractivity contribution < 1.29 is 4.79 Å². The maximum absolute atomic E-state index is 11.6. The molecular formula is C11H18N4O. The van der Waals surface area contributed by atoms with Crippen molar-refractivity contribution in [3.8, 4) is 0 Å². The maximum atomic E-state index is 11.6. The molecule has 0 bridgehead atoms. The van der Waals surface area contributed by atoms with E-state index in [2.05, 4.69) is 10.4 Å². The fraction of sp³-hybridized carbons (Fsp3) is 0.636. The molecule has 0 unspecified atom stereocenters. The summed E-state index contributed by atoms with van der Waals surface area (Å²) in [5, 5.41) is 6.91. The van der Waals surface area contributed by atoms with Crippen molar-refractivity contribution in [1.82, 2.24) is 15.1 Å². The van der Waals surface area contributed by atoms with Gasteiger partial charge in [-0.25, -0.2) is 0 Å². The molecule has 1 aromatic heterocycles. The zero-order valence-electron chi connectivity index (χ0n) is 9.35. The lowest BCUT2D eigenvalue weighted by atomic mass is 10.1. The molecule has 16 heavy (non-hydrogen) atoms. The van der Waals surface area contributed by atoms with Crippen LogP contribution in [-0.2, 0) is 11.3 Å². The molecule has 5 nitrogen and oxygen atoms in total. The van der Waals surface area contributed by atoms with Crippen LogP contribution in [0.4, 0.5) is 5.82 Å². The van der Waals surface area contributed by atoms with Gasteiger partial charge in [-0.15, -0.1) is 0 Å². The number of rotatable bonds is 4. The second kappa shape index (κ2) is 5.01. The average molecular weight is 222 g/mol. The number of anilines is 1. The summed E-state index contributed by atoms with van der Waals surface area (Å²) in [6, 6.07) is 1.68. The molecule has 2 rings (SSSR count). The van der Waals surface area contributed by atoms with Gasteiger partial charge in [0.05, 0.1) is 0 Å². The zero-order valence-corrected chi connectivity index (χ0v) is 9.35. The van der Waals surface area contributed by atoms with Crippen molar-refractivity contribution in [3.05, 3.63) is 12.3 Å². The molecule has 1 heterocycles. The van der Waals surface area contributed by atoms with E-state index in [4.69, 9.17) is 5.73 Å². The number of hydrogen-bond donors (Lipinski definition) is 2. The molecule has 3 N–H and O–H groups in total. The molecule has 0 aliphatic heterocycles. The lowest BCUT2D eigenvalue weighted by Crippen LogP contribution is -2.31. The van der Waals surface area contributed by atoms with E-state index in [0.717, 1.165) is 6.54 Å². The summed E-state index contributed by atoms with van der Waals surface area (Å²) in [6.07, 6.45) is 6.81. The largest absolute Gasteiger partial charge is 0.382 e. The Bertz CT molecular complexity index is 355. The van der Waals surface area contributed by atoms with Gasteiger partial charge in [-0.3, -0.25) is 9.48 Å². The molecule has 1 saturated carbocycles. The van der Waals surface area contributed by atoms with E-state index in [-0.39, 0.29) is 12.5 Å². The summed E-state index contributed by atoms with van der Waals surface area (Å²) >= 11 is 0. The SMILES string of the molecule is Nc1ccn(CC(=O)NCC2CCCC2)n1. The Balaban J connectivity index is 1.71. The molecule has 1 aliphatic carbocycles. The van der Waals surface area contributed by atoms with Crippen LogP contribution in [0, 0.1) is 5.92 Å². The van der Waals surface area contributed by atoms with Crippen molar-refractivity contribution >= 4 is 11.7 Å². The predicted molar refractivity (Wildman–Crippen MR) is 61.6 cm³/mol. The molecule has 5 heteroatoms. The number of nitrogen functional groups attached to an aromatic ring is 1. The fourth-order valence-corrected chi connectivity index (χ4v) is 2.14. The summed E-state index contributed by atoms with van der Waals surface area (Å²) in [6.45, 7) is 1.06. The molecule has 0 atom stereocenters. The number of nitrogens with zero attached hydrogens (tertiary/aromatic N) is 2. The number of hydrogen-bond acceptors (Lipinski definition) is 3. The molecule has 0 saturated heterocycles. The topological polar surface area (TPSA) is 72.9 Å². The highest BCUT2D eigenvalue weighted by atomic mass is 16.2. The van der Waals surface area contributed by atoms with Crippen LogP contribution in [0.3, 0.4) is 0 Å². The second-order valence-corrected chi connectivity index (χ2v) is 4.39. The first-order chi connectivity index (χ1) is 7.74. The first-order valence-electron chi connectivity index (χ1n) is 5.79. The first-order valence-corrected chi connectivity index (χ1v) is 5.79. The average Bonchev–Trinajstić information content (AvgIpc) is 2.87. The van der Waals surface area contributed by atoms with Gasteiger partial charge >= 0.3 is 0 Å². The van der Waals surface area contributed by atoms with Crippen LogP contribution in [0.1, 0.15) is 25.7 Å². The van der Waals surface area contributed by atoms with Gasteiger partial charge in [0.1, 0.15) is 12.4 Å². The van der Waals surface area contributed by atoms with Crippen LogP contribution in [-0.4, -0.2) is 22.2 Å². The number of amides is 1. The molecule has 88 valence electrons. The van der Waals surface area contributed by atoms with Gasteiger partial charge in [-0.05, 0) is 24.8 Å². The molecule has 0 aromatic carbocycles. The molecule has 1 fully saturated rings. The third-order valence-electron chi connectivity index (χ3n) is 3.03. The Labute approximate surface area is 95.0 Å². The number of nitrogens with two attached hydrogens (primary N) is 1. The van der Waals surface area contributed by atoms with Crippen LogP contribution in [0.2, 0.25) is 0 Å². The monoisotopic (exact) mass is 222 g/mol. The molecule has 1 amide bonds. The van der Waals surface area contributed by atoms with Gasteiger partial charge in [0.2, 0.25) is 5.91 Å². The fourth-order valence-electron chi connectivity index (χ4n) is 2.14. The molecular weight excluding hydrogens is 204 g/mol. The molecule has 0 radical (unpaired) electrons. The van der Waals surface area contributed by atoms with E-state index < -0.39 is 0 Å². The zero-order chi connectivity index (χ0) is 11.4. The van der Waals surface area contributed by atoms with E-state index in [1.807, 2.05) is 0 Å². The van der Waals surface area contributed by atoms with Crippen molar-refractivity contribution in [1.29, 1.82) is 0 Å². The van der Waals surface area contributed by atoms with Gasteiger partial charge in [0.25, 0.3) is 0 Å². The van der Waals surface area contributed by atoms with Crippen molar-refractivity contribution in [2.45, 2.75) is 32.2 Å². The Hall–Kier alpha value is -1.52. The summed E-state index contributed by atoms with van der Waals surface area (Å²) in [7, 11) is 0. The first kappa shape index (κ1) is 11.0. The Morgan fingerprint density at radius 2 is 2.31 bits per heavy atom. The number of aromatic nitrogens is 2. The van der Waals surface area contributed by atoms with E-state index in [1.54, 1.807) is 16.9 Å². The van der Waals surface area contributed by atoms with Crippen LogP contribution in [0.5, 0.6) is 0 Å². The standard InChI is InChI=1S/C11H18N4O/c12-10-5-6-15(14-10)8-11(16)13-7-9-3-1-2-4-9/h5-6,9H,1-4,7-8H2,(H2,12,14)(H,13,16). The van der Waals surface area contributed by atoms with E-state index >= 15 is 0 Å². The predicted octanol–water partition coefficient (Wildman–Crippen LogP) is 0.772. The smallest absolute Gasteiger partial charge is 0.241 e. The second-order valence-electron chi connectivity index (χ2n) is 4.39. The third kappa shape index (κ3) is 2.98. The minimum absolute atomic E-state index is 0.00926. The minimum atomic E-state index is 0.00926. The van der Waals surface area contributed by atoms with E-state index in [0.29, 0.717) is 11.7 Å². The molecule has 1 aliphatic rings. The third-order valence-corrected chi connectivity index (χ3v) is 3.03. The summed E-state index contributed by atoms with van der Waals surface area (Å²) in [4.78, 5) is 11.6. The number of nitrogens with one attached hydrogen (secondary N) is 1.